The molecule has 1 atom stereocenters. The van der Waals surface area contributed by atoms with Crippen LogP contribution >= 0.6 is 11.6 Å². The Bertz CT molecular complexity index is 426. The minimum absolute atomic E-state index is 0.0345. The lowest BCUT2D eigenvalue weighted by Gasteiger charge is -2.46. The average Bonchev–Trinajstić information content (AvgIpc) is 2.14. The summed E-state index contributed by atoms with van der Waals surface area (Å²) in [5, 5.41) is 9.58. The summed E-state index contributed by atoms with van der Waals surface area (Å²) in [5.74, 6) is -0.738. The molecular weight excluding hydrogens is 240 g/mol. The molecule has 1 aromatic carbocycles. The summed E-state index contributed by atoms with van der Waals surface area (Å²) in [6.07, 6.45) is 0.149. The van der Waals surface area contributed by atoms with Gasteiger partial charge in [-0.05, 0) is 23.6 Å². The first-order valence-corrected chi connectivity index (χ1v) is 5.98. The summed E-state index contributed by atoms with van der Waals surface area (Å²) in [6.45, 7) is 3.10. The predicted octanol–water partition coefficient (Wildman–Crippen LogP) is 2.72. The number of carboxylic acids is 1. The number of carboxylic acid groups (broad SMARTS) is 1. The second kappa shape index (κ2) is 4.67. The fourth-order valence-corrected chi connectivity index (χ4v) is 2.50. The van der Waals surface area contributed by atoms with Crippen molar-refractivity contribution in [1.82, 2.24) is 0 Å². The molecule has 17 heavy (non-hydrogen) atoms. The van der Waals surface area contributed by atoms with Gasteiger partial charge in [0.15, 0.2) is 0 Å². The summed E-state index contributed by atoms with van der Waals surface area (Å²) in [6, 6.07) is 7.61. The third-order valence-corrected chi connectivity index (χ3v) is 3.78. The van der Waals surface area contributed by atoms with Gasteiger partial charge in [-0.25, -0.2) is 0 Å². The highest BCUT2D eigenvalue weighted by atomic mass is 35.5. The Morgan fingerprint density at radius 1 is 1.59 bits per heavy atom. The summed E-state index contributed by atoms with van der Waals surface area (Å²) in [7, 11) is 0. The number of carbonyl (C=O) groups is 1. The molecule has 0 amide bonds. The number of aliphatic carboxylic acids is 1. The van der Waals surface area contributed by atoms with Crippen LogP contribution < -0.4 is 0 Å². The lowest BCUT2D eigenvalue weighted by atomic mass is 9.68. The van der Waals surface area contributed by atoms with E-state index in [1.165, 1.54) is 0 Å². The van der Waals surface area contributed by atoms with E-state index in [0.717, 1.165) is 5.56 Å². The van der Waals surface area contributed by atoms with Crippen LogP contribution in [0.15, 0.2) is 24.3 Å². The van der Waals surface area contributed by atoms with Crippen LogP contribution in [-0.2, 0) is 14.9 Å². The monoisotopic (exact) mass is 254 g/mol. The largest absolute Gasteiger partial charge is 0.481 e. The van der Waals surface area contributed by atoms with Crippen molar-refractivity contribution in [3.8, 4) is 0 Å². The van der Waals surface area contributed by atoms with E-state index in [1.54, 1.807) is 0 Å². The number of halogens is 1. The third kappa shape index (κ3) is 2.31. The molecule has 1 heterocycles. The molecule has 0 bridgehead atoms. The number of ether oxygens (including phenoxy) is 1. The molecule has 0 radical (unpaired) electrons. The molecule has 1 aliphatic rings. The summed E-state index contributed by atoms with van der Waals surface area (Å²) >= 11 is 5.99. The van der Waals surface area contributed by atoms with Crippen molar-refractivity contribution in [2.75, 3.05) is 13.2 Å². The van der Waals surface area contributed by atoms with Gasteiger partial charge in [0.2, 0.25) is 0 Å². The molecule has 0 aliphatic carbocycles. The van der Waals surface area contributed by atoms with Crippen LogP contribution in [0.5, 0.6) is 0 Å². The van der Waals surface area contributed by atoms with Gasteiger partial charge in [-0.2, -0.15) is 0 Å². The lowest BCUT2D eigenvalue weighted by Crippen LogP contribution is -2.52. The molecule has 1 aromatic rings. The quantitative estimate of drug-likeness (QED) is 0.899. The fraction of sp³-hybridized carbons (Fsp3) is 0.462. The van der Waals surface area contributed by atoms with Gasteiger partial charge in [0.1, 0.15) is 0 Å². The van der Waals surface area contributed by atoms with Gasteiger partial charge in [-0.3, -0.25) is 4.79 Å². The van der Waals surface area contributed by atoms with Gasteiger partial charge >= 0.3 is 5.97 Å². The fourth-order valence-electron chi connectivity index (χ4n) is 2.31. The third-order valence-electron chi connectivity index (χ3n) is 3.54. The normalized spacial score (nSPS) is 19.4. The van der Waals surface area contributed by atoms with Gasteiger partial charge in [0, 0.05) is 16.9 Å². The van der Waals surface area contributed by atoms with Crippen LogP contribution in [-0.4, -0.2) is 24.3 Å². The van der Waals surface area contributed by atoms with E-state index in [-0.39, 0.29) is 17.8 Å². The maximum Gasteiger partial charge on any atom is 0.303 e. The first-order chi connectivity index (χ1) is 8.04. The highest BCUT2D eigenvalue weighted by Crippen LogP contribution is 2.41. The van der Waals surface area contributed by atoms with Crippen LogP contribution in [0.25, 0.3) is 0 Å². The Morgan fingerprint density at radius 2 is 2.29 bits per heavy atom. The smallest absolute Gasteiger partial charge is 0.303 e. The van der Waals surface area contributed by atoms with E-state index >= 15 is 0 Å². The van der Waals surface area contributed by atoms with Crippen molar-refractivity contribution in [1.29, 1.82) is 0 Å². The van der Waals surface area contributed by atoms with E-state index in [4.69, 9.17) is 21.4 Å². The van der Waals surface area contributed by atoms with Crippen molar-refractivity contribution in [3.05, 3.63) is 34.9 Å². The van der Waals surface area contributed by atoms with E-state index in [1.807, 2.05) is 31.2 Å². The topological polar surface area (TPSA) is 46.5 Å². The molecule has 0 aromatic heterocycles. The second-order valence-electron chi connectivity index (χ2n) is 4.66. The van der Waals surface area contributed by atoms with Crippen LogP contribution in [0.1, 0.15) is 18.9 Å². The highest BCUT2D eigenvalue weighted by molar-refractivity contribution is 6.30. The number of hydrogen-bond acceptors (Lipinski definition) is 2. The molecule has 1 aliphatic heterocycles. The summed E-state index contributed by atoms with van der Waals surface area (Å²) < 4.78 is 5.30. The standard InChI is InChI=1S/C13H15ClO3/c1-9(5-12(15)16)13(7-17-8-13)10-3-2-4-11(14)6-10/h2-4,6,9H,5,7-8H2,1H3,(H,15,16). The minimum atomic E-state index is -0.772. The molecule has 4 heteroatoms. The minimum Gasteiger partial charge on any atom is -0.481 e. The second-order valence-corrected chi connectivity index (χ2v) is 5.09. The van der Waals surface area contributed by atoms with Crippen molar-refractivity contribution >= 4 is 17.6 Å². The summed E-state index contributed by atoms with van der Waals surface area (Å²) in [5.41, 5.74) is 0.883. The van der Waals surface area contributed by atoms with E-state index < -0.39 is 5.97 Å². The van der Waals surface area contributed by atoms with E-state index in [0.29, 0.717) is 18.2 Å². The zero-order chi connectivity index (χ0) is 12.5. The summed E-state index contributed by atoms with van der Waals surface area (Å²) in [4.78, 5) is 10.8. The predicted molar refractivity (Wildman–Crippen MR) is 65.4 cm³/mol. The van der Waals surface area contributed by atoms with Gasteiger partial charge in [-0.15, -0.1) is 0 Å². The molecular formula is C13H15ClO3. The molecule has 1 saturated heterocycles. The average molecular weight is 255 g/mol. The maximum atomic E-state index is 10.8. The molecule has 0 spiro atoms. The Hall–Kier alpha value is -1.06. The van der Waals surface area contributed by atoms with Crippen LogP contribution in [0.4, 0.5) is 0 Å². The van der Waals surface area contributed by atoms with Crippen molar-refractivity contribution < 1.29 is 14.6 Å². The van der Waals surface area contributed by atoms with Gasteiger partial charge in [0.25, 0.3) is 0 Å². The van der Waals surface area contributed by atoms with Gasteiger partial charge < -0.3 is 9.84 Å². The molecule has 1 unspecified atom stereocenters. The Kier molecular flexibility index (Phi) is 3.40. The Morgan fingerprint density at radius 3 is 2.76 bits per heavy atom. The van der Waals surface area contributed by atoms with Crippen molar-refractivity contribution in [2.24, 2.45) is 5.92 Å². The van der Waals surface area contributed by atoms with Crippen LogP contribution in [0.3, 0.4) is 0 Å². The Balaban J connectivity index is 2.28. The van der Waals surface area contributed by atoms with Crippen LogP contribution in [0.2, 0.25) is 5.02 Å². The van der Waals surface area contributed by atoms with E-state index in [9.17, 15) is 4.79 Å². The maximum absolute atomic E-state index is 10.8. The van der Waals surface area contributed by atoms with Crippen LogP contribution in [0, 0.1) is 5.92 Å². The van der Waals surface area contributed by atoms with Crippen molar-refractivity contribution in [2.45, 2.75) is 18.8 Å². The lowest BCUT2D eigenvalue weighted by molar-refractivity contribution is -0.142. The first kappa shape index (κ1) is 12.4. The van der Waals surface area contributed by atoms with Crippen molar-refractivity contribution in [3.63, 3.8) is 0 Å². The van der Waals surface area contributed by atoms with Gasteiger partial charge in [0.05, 0.1) is 13.2 Å². The molecule has 92 valence electrons. The van der Waals surface area contributed by atoms with E-state index in [2.05, 4.69) is 0 Å². The Labute approximate surface area is 105 Å². The highest BCUT2D eigenvalue weighted by Gasteiger charge is 2.45. The molecule has 1 fully saturated rings. The molecule has 0 saturated carbocycles. The zero-order valence-corrected chi connectivity index (χ0v) is 10.4. The zero-order valence-electron chi connectivity index (χ0n) is 9.65. The molecule has 1 N–H and O–H groups in total. The SMILES string of the molecule is CC(CC(=O)O)C1(c2cccc(Cl)c2)COC1. The number of hydrogen-bond donors (Lipinski definition) is 1. The first-order valence-electron chi connectivity index (χ1n) is 5.60. The number of rotatable bonds is 4. The number of benzene rings is 1. The van der Waals surface area contributed by atoms with Gasteiger partial charge in [-0.1, -0.05) is 30.7 Å². The molecule has 3 nitrogen and oxygen atoms in total. The molecule has 2 rings (SSSR count).